The van der Waals surface area contributed by atoms with E-state index in [1.165, 1.54) is 6.42 Å². The summed E-state index contributed by atoms with van der Waals surface area (Å²) in [5, 5.41) is 0.476. The minimum atomic E-state index is -2.47. The molecule has 110 valence electrons. The third kappa shape index (κ3) is 7.76. The second kappa shape index (κ2) is 10.2. The van der Waals surface area contributed by atoms with Crippen molar-refractivity contribution in [3.05, 3.63) is 0 Å². The van der Waals surface area contributed by atoms with Crippen molar-refractivity contribution in [3.8, 4) is 0 Å². The minimum absolute atomic E-state index is 0.476. The Kier molecular flexibility index (Phi) is 10.5. The maximum absolute atomic E-state index is 5.83. The Morgan fingerprint density at radius 3 is 2.22 bits per heavy atom. The molecule has 0 saturated heterocycles. The van der Waals surface area contributed by atoms with Crippen molar-refractivity contribution in [2.75, 3.05) is 35.0 Å². The Labute approximate surface area is 119 Å². The average molecular weight is 296 g/mol. The molecule has 0 spiro atoms. The molecule has 1 unspecified atom stereocenters. The van der Waals surface area contributed by atoms with Crippen LogP contribution in [0.5, 0.6) is 0 Å². The molecule has 0 aromatic carbocycles. The molecule has 0 rings (SSSR count). The lowest BCUT2D eigenvalue weighted by molar-refractivity contribution is 0.0559. The van der Waals surface area contributed by atoms with Crippen molar-refractivity contribution in [1.29, 1.82) is 0 Å². The van der Waals surface area contributed by atoms with Crippen LogP contribution in [0.2, 0.25) is 6.04 Å². The van der Waals surface area contributed by atoms with Gasteiger partial charge in [0.1, 0.15) is 0 Å². The van der Waals surface area contributed by atoms with E-state index in [0.717, 1.165) is 25.3 Å². The Morgan fingerprint density at radius 2 is 1.78 bits per heavy atom. The Balaban J connectivity index is 4.09. The summed E-state index contributed by atoms with van der Waals surface area (Å²) in [7, 11) is 4.82. The number of thiol groups is 1. The third-order valence-corrected chi connectivity index (χ3v) is 6.10. The molecule has 0 aromatic rings. The monoisotopic (exact) mass is 295 g/mol. The molecule has 0 radical (unpaired) electrons. The van der Waals surface area contributed by atoms with Gasteiger partial charge in [-0.3, -0.25) is 4.90 Å². The van der Waals surface area contributed by atoms with Crippen LogP contribution in [0, 0.1) is 0 Å². The lowest BCUT2D eigenvalue weighted by Crippen LogP contribution is -2.45. The zero-order chi connectivity index (χ0) is 14.0. The van der Waals surface area contributed by atoms with Crippen molar-refractivity contribution in [2.45, 2.75) is 43.9 Å². The summed E-state index contributed by atoms with van der Waals surface area (Å²) in [6.07, 6.45) is 4.47. The van der Waals surface area contributed by atoms with E-state index in [1.807, 2.05) is 19.0 Å². The third-order valence-electron chi connectivity index (χ3n) is 2.81. The minimum Gasteiger partial charge on any atom is -0.377 e. The lowest BCUT2D eigenvalue weighted by atomic mass is 10.2. The number of hydrogen-bond acceptors (Lipinski definition) is 5. The molecular formula is C12H29NO3SSi. The van der Waals surface area contributed by atoms with Gasteiger partial charge in [-0.2, -0.15) is 12.6 Å². The number of hydrogen-bond donors (Lipinski definition) is 1. The van der Waals surface area contributed by atoms with Crippen molar-refractivity contribution in [3.63, 3.8) is 0 Å². The van der Waals surface area contributed by atoms with Crippen molar-refractivity contribution < 1.29 is 13.3 Å². The van der Waals surface area contributed by atoms with Gasteiger partial charge in [0.25, 0.3) is 0 Å². The van der Waals surface area contributed by atoms with Gasteiger partial charge >= 0.3 is 8.80 Å². The van der Waals surface area contributed by atoms with E-state index in [4.69, 9.17) is 13.3 Å². The summed E-state index contributed by atoms with van der Waals surface area (Å²) in [5.41, 5.74) is 0. The van der Waals surface area contributed by atoms with E-state index in [-0.39, 0.29) is 0 Å². The molecule has 4 nitrogen and oxygen atoms in total. The SMILES string of the molecule is CCCC(S)CCC[Si](OC)(OC)OCN(C)C. The van der Waals surface area contributed by atoms with Gasteiger partial charge in [0.15, 0.2) is 0 Å². The molecule has 0 fully saturated rings. The summed E-state index contributed by atoms with van der Waals surface area (Å²) in [6, 6.07) is 0.856. The highest BCUT2D eigenvalue weighted by molar-refractivity contribution is 7.80. The van der Waals surface area contributed by atoms with Gasteiger partial charge < -0.3 is 13.3 Å². The summed E-state index contributed by atoms with van der Waals surface area (Å²) in [6.45, 7) is 2.72. The zero-order valence-corrected chi connectivity index (χ0v) is 14.3. The normalized spacial score (nSPS) is 14.2. The molecule has 0 bridgehead atoms. The van der Waals surface area contributed by atoms with Gasteiger partial charge in [-0.15, -0.1) is 0 Å². The molecule has 0 N–H and O–H groups in total. The highest BCUT2D eigenvalue weighted by Gasteiger charge is 2.38. The highest BCUT2D eigenvalue weighted by Crippen LogP contribution is 2.21. The number of nitrogens with zero attached hydrogens (tertiary/aromatic N) is 1. The predicted octanol–water partition coefficient (Wildman–Crippen LogP) is 2.63. The standard InChI is InChI=1S/C12H29NO3SSi/c1-6-8-12(17)9-7-10-18(14-4,15-5)16-11-13(2)3/h12,17H,6-11H2,1-5H3. The smallest absolute Gasteiger partial charge is 0.377 e. The van der Waals surface area contributed by atoms with E-state index in [9.17, 15) is 0 Å². The molecule has 6 heteroatoms. The van der Waals surface area contributed by atoms with Gasteiger partial charge in [-0.1, -0.05) is 13.3 Å². The van der Waals surface area contributed by atoms with Crippen LogP contribution in [0.15, 0.2) is 0 Å². The Bertz CT molecular complexity index is 204. The quantitative estimate of drug-likeness (QED) is 0.361. The maximum atomic E-state index is 5.83. The Hall–Kier alpha value is 0.407. The first-order valence-corrected chi connectivity index (χ1v) is 9.01. The van der Waals surface area contributed by atoms with Crippen LogP contribution >= 0.6 is 12.6 Å². The molecule has 1 atom stereocenters. The predicted molar refractivity (Wildman–Crippen MR) is 81.1 cm³/mol. The molecular weight excluding hydrogens is 266 g/mol. The molecule has 0 aliphatic carbocycles. The van der Waals surface area contributed by atoms with Gasteiger partial charge in [-0.05, 0) is 33.4 Å². The Morgan fingerprint density at radius 1 is 1.17 bits per heavy atom. The lowest BCUT2D eigenvalue weighted by Gasteiger charge is -2.28. The second-order valence-corrected chi connectivity index (χ2v) is 8.48. The van der Waals surface area contributed by atoms with E-state index < -0.39 is 8.80 Å². The summed E-state index contributed by atoms with van der Waals surface area (Å²) < 4.78 is 16.9. The average Bonchev–Trinajstić information content (AvgIpc) is 2.34. The largest absolute Gasteiger partial charge is 0.501 e. The van der Waals surface area contributed by atoms with Gasteiger partial charge in [0.05, 0.1) is 6.73 Å². The van der Waals surface area contributed by atoms with E-state index in [0.29, 0.717) is 12.0 Å². The fourth-order valence-electron chi connectivity index (χ4n) is 1.74. The van der Waals surface area contributed by atoms with Crippen LogP contribution in [0.1, 0.15) is 32.6 Å². The van der Waals surface area contributed by atoms with Crippen LogP contribution in [0.4, 0.5) is 0 Å². The van der Waals surface area contributed by atoms with Crippen LogP contribution in [0.3, 0.4) is 0 Å². The van der Waals surface area contributed by atoms with Gasteiger partial charge in [0, 0.05) is 25.5 Å². The first-order valence-electron chi connectivity index (χ1n) is 6.56. The highest BCUT2D eigenvalue weighted by atomic mass is 32.1. The second-order valence-electron chi connectivity index (χ2n) is 4.78. The first-order chi connectivity index (χ1) is 8.49. The first kappa shape index (κ1) is 18.4. The molecule has 0 heterocycles. The van der Waals surface area contributed by atoms with Crippen molar-refractivity contribution in [2.24, 2.45) is 0 Å². The summed E-state index contributed by atoms with van der Waals surface area (Å²) >= 11 is 4.57. The zero-order valence-electron chi connectivity index (χ0n) is 12.4. The van der Waals surface area contributed by atoms with E-state index in [1.54, 1.807) is 14.2 Å². The summed E-state index contributed by atoms with van der Waals surface area (Å²) in [5.74, 6) is 0. The van der Waals surface area contributed by atoms with Crippen molar-refractivity contribution >= 4 is 21.4 Å². The molecule has 0 saturated carbocycles. The molecule has 0 aliphatic rings. The van der Waals surface area contributed by atoms with Crippen LogP contribution in [0.25, 0.3) is 0 Å². The number of rotatable bonds is 11. The topological polar surface area (TPSA) is 30.9 Å². The van der Waals surface area contributed by atoms with Crippen LogP contribution in [-0.4, -0.2) is 54.0 Å². The fraction of sp³-hybridized carbons (Fsp3) is 1.00. The fourth-order valence-corrected chi connectivity index (χ4v) is 4.22. The van der Waals surface area contributed by atoms with Crippen LogP contribution in [-0.2, 0) is 13.3 Å². The molecule has 18 heavy (non-hydrogen) atoms. The van der Waals surface area contributed by atoms with Crippen molar-refractivity contribution in [1.82, 2.24) is 4.90 Å². The van der Waals surface area contributed by atoms with Crippen LogP contribution < -0.4 is 0 Å². The molecule has 0 amide bonds. The maximum Gasteiger partial charge on any atom is 0.501 e. The van der Waals surface area contributed by atoms with Gasteiger partial charge in [-0.25, -0.2) is 0 Å². The molecule has 0 aromatic heterocycles. The van der Waals surface area contributed by atoms with E-state index in [2.05, 4.69) is 19.6 Å². The van der Waals surface area contributed by atoms with E-state index >= 15 is 0 Å². The van der Waals surface area contributed by atoms with Gasteiger partial charge in [0.2, 0.25) is 0 Å². The molecule has 0 aliphatic heterocycles. The summed E-state index contributed by atoms with van der Waals surface area (Å²) in [4.78, 5) is 1.97.